The first-order valence-corrected chi connectivity index (χ1v) is 14.8. The van der Waals surface area contributed by atoms with Gasteiger partial charge in [-0.3, -0.25) is 24.1 Å². The van der Waals surface area contributed by atoms with Crippen molar-refractivity contribution in [1.82, 2.24) is 20.9 Å². The molecule has 42 heavy (non-hydrogen) atoms. The maximum atomic E-state index is 13.7. The number of epoxide rings is 1. The van der Waals surface area contributed by atoms with Crippen LogP contribution < -0.4 is 20.7 Å². The maximum absolute atomic E-state index is 13.7. The highest BCUT2D eigenvalue weighted by atomic mass is 16.6. The Morgan fingerprint density at radius 2 is 1.74 bits per heavy atom. The number of hydrogen-bond donors (Lipinski definition) is 4. The van der Waals surface area contributed by atoms with Crippen molar-refractivity contribution in [3.8, 4) is 11.5 Å². The van der Waals surface area contributed by atoms with Crippen LogP contribution in [-0.2, 0) is 35.1 Å². The number of amides is 3. The number of phenols is 1. The van der Waals surface area contributed by atoms with Gasteiger partial charge in [0.05, 0.1) is 39.5 Å². The predicted molar refractivity (Wildman–Crippen MR) is 153 cm³/mol. The standard InChI is InChI=1S/C30H44N4O8/c1-19(31-26(36)17-34-10-12-41-13-11-34)28(38)33-23(15-21-8-9-25(40-3)24(35)16-21)29(39)32-22(14-20-6-4-5-7-20)27(37)30(2)18-42-30/h8-9,16,19-20,22-23,35H,4-7,10-15,17-18H2,1-3H3,(H,31,36)(H,32,39)(H,33,38)/t19-,22-,23-,30-/m0/s1. The molecule has 232 valence electrons. The number of morpholine rings is 1. The highest BCUT2D eigenvalue weighted by Gasteiger charge is 2.50. The number of nitrogens with one attached hydrogen (secondary N) is 3. The van der Waals surface area contributed by atoms with E-state index in [0.29, 0.717) is 50.8 Å². The van der Waals surface area contributed by atoms with E-state index in [2.05, 4.69) is 16.0 Å². The third kappa shape index (κ3) is 8.65. The van der Waals surface area contributed by atoms with Gasteiger partial charge in [-0.1, -0.05) is 31.7 Å². The van der Waals surface area contributed by atoms with Crippen LogP contribution in [-0.4, -0.2) is 104 Å². The number of methoxy groups -OCH3 is 1. The van der Waals surface area contributed by atoms with Crippen LogP contribution in [0.3, 0.4) is 0 Å². The summed E-state index contributed by atoms with van der Waals surface area (Å²) in [6.07, 6.45) is 4.77. The van der Waals surface area contributed by atoms with Crippen LogP contribution in [0, 0.1) is 5.92 Å². The van der Waals surface area contributed by atoms with Crippen molar-refractivity contribution in [2.75, 3.05) is 46.6 Å². The number of rotatable bonds is 14. The van der Waals surface area contributed by atoms with Crippen molar-refractivity contribution in [3.63, 3.8) is 0 Å². The van der Waals surface area contributed by atoms with Gasteiger partial charge in [0.1, 0.15) is 17.7 Å². The van der Waals surface area contributed by atoms with Gasteiger partial charge in [0.2, 0.25) is 17.7 Å². The van der Waals surface area contributed by atoms with E-state index in [1.54, 1.807) is 26.0 Å². The molecular weight excluding hydrogens is 544 g/mol. The molecule has 2 saturated heterocycles. The number of carbonyl (C=O) groups excluding carboxylic acids is 4. The Labute approximate surface area is 246 Å². The molecule has 0 aromatic heterocycles. The monoisotopic (exact) mass is 588 g/mol. The van der Waals surface area contributed by atoms with E-state index in [4.69, 9.17) is 14.2 Å². The molecule has 0 radical (unpaired) electrons. The van der Waals surface area contributed by atoms with Crippen LogP contribution in [0.5, 0.6) is 11.5 Å². The van der Waals surface area contributed by atoms with E-state index in [1.807, 2.05) is 4.90 Å². The lowest BCUT2D eigenvalue weighted by molar-refractivity contribution is -0.134. The van der Waals surface area contributed by atoms with Gasteiger partial charge in [0.15, 0.2) is 17.3 Å². The third-order valence-electron chi connectivity index (χ3n) is 8.33. The fourth-order valence-corrected chi connectivity index (χ4v) is 5.62. The number of aromatic hydroxyl groups is 1. The summed E-state index contributed by atoms with van der Waals surface area (Å²) in [4.78, 5) is 54.8. The van der Waals surface area contributed by atoms with Crippen molar-refractivity contribution in [2.45, 2.75) is 76.1 Å². The summed E-state index contributed by atoms with van der Waals surface area (Å²) in [5.41, 5.74) is -0.329. The van der Waals surface area contributed by atoms with E-state index in [-0.39, 0.29) is 36.2 Å². The Balaban J connectivity index is 1.46. The minimum Gasteiger partial charge on any atom is -0.504 e. The molecule has 12 heteroatoms. The minimum absolute atomic E-state index is 0.0433. The normalized spacial score (nSPS) is 22.9. The second-order valence-electron chi connectivity index (χ2n) is 11.8. The molecule has 2 heterocycles. The van der Waals surface area contributed by atoms with E-state index < -0.39 is 35.5 Å². The van der Waals surface area contributed by atoms with Crippen LogP contribution >= 0.6 is 0 Å². The molecule has 4 atom stereocenters. The van der Waals surface area contributed by atoms with Crippen LogP contribution in [0.25, 0.3) is 0 Å². The molecule has 1 aromatic carbocycles. The van der Waals surface area contributed by atoms with Gasteiger partial charge in [-0.25, -0.2) is 0 Å². The predicted octanol–water partition coefficient (Wildman–Crippen LogP) is 0.688. The molecule has 0 unspecified atom stereocenters. The lowest BCUT2D eigenvalue weighted by Gasteiger charge is -2.27. The summed E-state index contributed by atoms with van der Waals surface area (Å²) >= 11 is 0. The molecule has 0 bridgehead atoms. The molecule has 1 aliphatic carbocycles. The number of ketones is 1. The van der Waals surface area contributed by atoms with Crippen LogP contribution in [0.4, 0.5) is 0 Å². The summed E-state index contributed by atoms with van der Waals surface area (Å²) in [5.74, 6) is -1.03. The molecule has 3 fully saturated rings. The number of phenolic OH excluding ortho intramolecular Hbond substituents is 1. The molecule has 4 N–H and O–H groups in total. The average Bonchev–Trinajstić information content (AvgIpc) is 3.50. The average molecular weight is 589 g/mol. The largest absolute Gasteiger partial charge is 0.504 e. The van der Waals surface area contributed by atoms with Gasteiger partial charge >= 0.3 is 0 Å². The molecule has 12 nitrogen and oxygen atoms in total. The topological polar surface area (TPSA) is 159 Å². The van der Waals surface area contributed by atoms with Gasteiger partial charge in [-0.2, -0.15) is 0 Å². The summed E-state index contributed by atoms with van der Waals surface area (Å²) in [5, 5.41) is 18.7. The summed E-state index contributed by atoms with van der Waals surface area (Å²) in [6, 6.07) is 2.01. The maximum Gasteiger partial charge on any atom is 0.243 e. The van der Waals surface area contributed by atoms with E-state index >= 15 is 0 Å². The van der Waals surface area contributed by atoms with E-state index in [9.17, 15) is 24.3 Å². The molecule has 3 amide bonds. The molecule has 0 spiro atoms. The van der Waals surface area contributed by atoms with Crippen LogP contribution in [0.15, 0.2) is 18.2 Å². The van der Waals surface area contributed by atoms with Gasteiger partial charge < -0.3 is 35.3 Å². The molecule has 2 aliphatic heterocycles. The Morgan fingerprint density at radius 1 is 1.07 bits per heavy atom. The molecule has 1 saturated carbocycles. The SMILES string of the molecule is COc1ccc(C[C@H](NC(=O)[C@H](C)NC(=O)CN2CCOCC2)C(=O)N[C@@H](CC2CCCC2)C(=O)[C@]2(C)CO2)cc1O. The van der Waals surface area contributed by atoms with Crippen LogP contribution in [0.1, 0.15) is 51.5 Å². The number of Topliss-reactive ketones (excluding diaryl/α,β-unsaturated/α-hetero) is 1. The Hall–Kier alpha value is -3.22. The Morgan fingerprint density at radius 3 is 2.36 bits per heavy atom. The zero-order valence-corrected chi connectivity index (χ0v) is 24.8. The number of ether oxygens (including phenoxy) is 3. The second-order valence-corrected chi connectivity index (χ2v) is 11.8. The van der Waals surface area contributed by atoms with Crippen molar-refractivity contribution in [1.29, 1.82) is 0 Å². The molecular formula is C30H44N4O8. The molecule has 1 aromatic rings. The fraction of sp³-hybridized carbons (Fsp3) is 0.667. The number of benzene rings is 1. The summed E-state index contributed by atoms with van der Waals surface area (Å²) in [7, 11) is 1.44. The highest BCUT2D eigenvalue weighted by Crippen LogP contribution is 2.33. The molecule has 3 aliphatic rings. The van der Waals surface area contributed by atoms with Gasteiger partial charge in [0.25, 0.3) is 0 Å². The van der Waals surface area contributed by atoms with E-state index in [0.717, 1.165) is 25.7 Å². The third-order valence-corrected chi connectivity index (χ3v) is 8.33. The van der Waals surface area contributed by atoms with Gasteiger partial charge in [0, 0.05) is 19.5 Å². The first-order chi connectivity index (χ1) is 20.1. The zero-order valence-electron chi connectivity index (χ0n) is 24.8. The van der Waals surface area contributed by atoms with Gasteiger partial charge in [-0.05, 0) is 43.9 Å². The minimum atomic E-state index is -1.07. The zero-order chi connectivity index (χ0) is 30.3. The van der Waals surface area contributed by atoms with E-state index in [1.165, 1.54) is 13.2 Å². The number of hydrogen-bond acceptors (Lipinski definition) is 9. The Bertz CT molecular complexity index is 1130. The van der Waals surface area contributed by atoms with Crippen molar-refractivity contribution < 1.29 is 38.5 Å². The first-order valence-electron chi connectivity index (χ1n) is 14.8. The first kappa shape index (κ1) is 31.7. The van der Waals surface area contributed by atoms with Crippen molar-refractivity contribution in [3.05, 3.63) is 23.8 Å². The number of carbonyl (C=O) groups is 4. The number of nitrogens with zero attached hydrogens (tertiary/aromatic N) is 1. The fourth-order valence-electron chi connectivity index (χ4n) is 5.62. The summed E-state index contributed by atoms with van der Waals surface area (Å²) < 4.78 is 15.8. The summed E-state index contributed by atoms with van der Waals surface area (Å²) in [6.45, 7) is 6.11. The quantitative estimate of drug-likeness (QED) is 0.229. The van der Waals surface area contributed by atoms with Crippen molar-refractivity contribution in [2.24, 2.45) is 5.92 Å². The lowest BCUT2D eigenvalue weighted by atomic mass is 9.90. The van der Waals surface area contributed by atoms with Gasteiger partial charge in [-0.15, -0.1) is 0 Å². The molecule has 4 rings (SSSR count). The Kier molecular flexibility index (Phi) is 10.8. The smallest absolute Gasteiger partial charge is 0.243 e. The lowest BCUT2D eigenvalue weighted by Crippen LogP contribution is -2.57. The second kappa shape index (κ2) is 14.3. The highest BCUT2D eigenvalue weighted by molar-refractivity contribution is 5.98. The van der Waals surface area contributed by atoms with Crippen molar-refractivity contribution >= 4 is 23.5 Å². The van der Waals surface area contributed by atoms with Crippen LogP contribution in [0.2, 0.25) is 0 Å².